The van der Waals surface area contributed by atoms with E-state index in [2.05, 4.69) is 29.5 Å². The van der Waals surface area contributed by atoms with Crippen LogP contribution < -0.4 is 10.6 Å². The number of aromatic nitrogens is 1. The number of aryl methyl sites for hydroxylation is 1. The Morgan fingerprint density at radius 1 is 1.24 bits per heavy atom. The normalized spacial score (nSPS) is 10.5. The smallest absolute Gasteiger partial charge is 0.270 e. The van der Waals surface area contributed by atoms with Gasteiger partial charge in [0.2, 0.25) is 0 Å². The van der Waals surface area contributed by atoms with E-state index < -0.39 is 0 Å². The molecule has 0 saturated heterocycles. The summed E-state index contributed by atoms with van der Waals surface area (Å²) >= 11 is 0. The summed E-state index contributed by atoms with van der Waals surface area (Å²) in [6.45, 7) is 6.65. The number of pyridine rings is 1. The molecule has 0 bridgehead atoms. The van der Waals surface area contributed by atoms with Crippen LogP contribution in [0.3, 0.4) is 0 Å². The molecule has 1 amide bonds. The van der Waals surface area contributed by atoms with Crippen LogP contribution in [0.25, 0.3) is 0 Å². The van der Waals surface area contributed by atoms with Crippen molar-refractivity contribution in [3.05, 3.63) is 59.4 Å². The van der Waals surface area contributed by atoms with E-state index in [9.17, 15) is 4.79 Å². The van der Waals surface area contributed by atoms with Gasteiger partial charge in [-0.15, -0.1) is 0 Å². The van der Waals surface area contributed by atoms with Crippen LogP contribution in [0.15, 0.2) is 42.6 Å². The Balaban J connectivity index is 2.02. The highest BCUT2D eigenvalue weighted by molar-refractivity contribution is 5.93. The number of nitrogens with one attached hydrogen (secondary N) is 2. The van der Waals surface area contributed by atoms with Crippen LogP contribution in [-0.4, -0.2) is 16.9 Å². The van der Waals surface area contributed by atoms with Crippen molar-refractivity contribution in [2.75, 3.05) is 5.32 Å². The first-order chi connectivity index (χ1) is 10.1. The molecule has 2 rings (SSSR count). The summed E-state index contributed by atoms with van der Waals surface area (Å²) in [5.41, 5.74) is 3.61. The van der Waals surface area contributed by atoms with Crippen LogP contribution >= 0.6 is 0 Å². The number of carbonyl (C=O) groups excluding carboxylic acids is 1. The van der Waals surface area contributed by atoms with E-state index in [-0.39, 0.29) is 5.91 Å². The van der Waals surface area contributed by atoms with Crippen LogP contribution in [0.4, 0.5) is 5.69 Å². The van der Waals surface area contributed by atoms with Gasteiger partial charge in [-0.2, -0.15) is 0 Å². The average Bonchev–Trinajstić information content (AvgIpc) is 2.45. The van der Waals surface area contributed by atoms with Gasteiger partial charge in [0.1, 0.15) is 5.69 Å². The van der Waals surface area contributed by atoms with E-state index in [4.69, 9.17) is 0 Å². The number of hydrogen-bond donors (Lipinski definition) is 2. The van der Waals surface area contributed by atoms with Crippen LogP contribution in [0.1, 0.15) is 35.5 Å². The number of benzene rings is 1. The fourth-order valence-electron chi connectivity index (χ4n) is 2.05. The SMILES string of the molecule is Cc1ccccc1CNC(=O)c1cc(NC(C)C)ccn1. The first kappa shape index (κ1) is 15.0. The van der Waals surface area contributed by atoms with Gasteiger partial charge in [-0.05, 0) is 44.0 Å². The summed E-state index contributed by atoms with van der Waals surface area (Å²) < 4.78 is 0. The Morgan fingerprint density at radius 2 is 2.00 bits per heavy atom. The number of rotatable bonds is 5. The molecular weight excluding hydrogens is 262 g/mol. The Labute approximate surface area is 125 Å². The quantitative estimate of drug-likeness (QED) is 0.886. The molecule has 1 heterocycles. The number of carbonyl (C=O) groups is 1. The highest BCUT2D eigenvalue weighted by Crippen LogP contribution is 2.10. The molecule has 0 aliphatic heterocycles. The third-order valence-electron chi connectivity index (χ3n) is 3.15. The lowest BCUT2D eigenvalue weighted by Gasteiger charge is -2.11. The highest BCUT2D eigenvalue weighted by atomic mass is 16.1. The van der Waals surface area contributed by atoms with Crippen LogP contribution in [0, 0.1) is 6.92 Å². The van der Waals surface area contributed by atoms with Crippen LogP contribution in [0.5, 0.6) is 0 Å². The van der Waals surface area contributed by atoms with Gasteiger partial charge in [-0.3, -0.25) is 9.78 Å². The van der Waals surface area contributed by atoms with Gasteiger partial charge in [0, 0.05) is 24.5 Å². The molecule has 0 fully saturated rings. The molecule has 0 spiro atoms. The zero-order valence-electron chi connectivity index (χ0n) is 12.7. The Hall–Kier alpha value is -2.36. The number of anilines is 1. The van der Waals surface area contributed by atoms with Gasteiger partial charge in [0.15, 0.2) is 0 Å². The molecule has 2 aromatic rings. The molecule has 0 atom stereocenters. The van der Waals surface area contributed by atoms with Gasteiger partial charge in [-0.1, -0.05) is 24.3 Å². The maximum Gasteiger partial charge on any atom is 0.270 e. The topological polar surface area (TPSA) is 54.0 Å². The first-order valence-electron chi connectivity index (χ1n) is 7.11. The molecule has 4 nitrogen and oxygen atoms in total. The van der Waals surface area contributed by atoms with Crippen LogP contribution in [-0.2, 0) is 6.54 Å². The second kappa shape index (κ2) is 6.88. The minimum Gasteiger partial charge on any atom is -0.383 e. The Kier molecular flexibility index (Phi) is 4.93. The zero-order valence-corrected chi connectivity index (χ0v) is 12.7. The zero-order chi connectivity index (χ0) is 15.2. The van der Waals surface area contributed by atoms with Gasteiger partial charge in [-0.25, -0.2) is 0 Å². The van der Waals surface area contributed by atoms with Crippen molar-refractivity contribution >= 4 is 11.6 Å². The lowest BCUT2D eigenvalue weighted by atomic mass is 10.1. The summed E-state index contributed by atoms with van der Waals surface area (Å²) in [6, 6.07) is 12.0. The van der Waals surface area contributed by atoms with Gasteiger partial charge in [0.05, 0.1) is 0 Å². The predicted molar refractivity (Wildman–Crippen MR) is 85.3 cm³/mol. The van der Waals surface area contributed by atoms with Crippen molar-refractivity contribution in [2.24, 2.45) is 0 Å². The molecule has 21 heavy (non-hydrogen) atoms. The lowest BCUT2D eigenvalue weighted by Crippen LogP contribution is -2.24. The van der Waals surface area contributed by atoms with Gasteiger partial charge in [0.25, 0.3) is 5.91 Å². The third kappa shape index (κ3) is 4.31. The van der Waals surface area contributed by atoms with E-state index in [1.165, 1.54) is 5.56 Å². The van der Waals surface area contributed by atoms with Gasteiger partial charge < -0.3 is 10.6 Å². The molecule has 110 valence electrons. The molecule has 4 heteroatoms. The van der Waals surface area contributed by atoms with Crippen molar-refractivity contribution in [3.8, 4) is 0 Å². The average molecular weight is 283 g/mol. The van der Waals surface area contributed by atoms with E-state index in [0.29, 0.717) is 18.3 Å². The van der Waals surface area contributed by atoms with E-state index in [1.807, 2.05) is 37.3 Å². The molecule has 0 unspecified atom stereocenters. The molecule has 0 aliphatic rings. The maximum absolute atomic E-state index is 12.2. The Morgan fingerprint density at radius 3 is 2.71 bits per heavy atom. The highest BCUT2D eigenvalue weighted by Gasteiger charge is 2.08. The van der Waals surface area contributed by atoms with Crippen molar-refractivity contribution in [1.29, 1.82) is 0 Å². The maximum atomic E-state index is 12.2. The van der Waals surface area contributed by atoms with E-state index in [0.717, 1.165) is 11.3 Å². The standard InChI is InChI=1S/C17H21N3O/c1-12(2)20-15-8-9-18-16(10-15)17(21)19-11-14-7-5-4-6-13(14)3/h4-10,12H,11H2,1-3H3,(H,18,20)(H,19,21). The summed E-state index contributed by atoms with van der Waals surface area (Å²) in [7, 11) is 0. The summed E-state index contributed by atoms with van der Waals surface area (Å²) in [4.78, 5) is 16.3. The summed E-state index contributed by atoms with van der Waals surface area (Å²) in [5, 5.41) is 6.17. The second-order valence-electron chi connectivity index (χ2n) is 5.34. The fraction of sp³-hybridized carbons (Fsp3) is 0.294. The minimum absolute atomic E-state index is 0.161. The van der Waals surface area contributed by atoms with Gasteiger partial charge >= 0.3 is 0 Å². The van der Waals surface area contributed by atoms with Crippen molar-refractivity contribution in [2.45, 2.75) is 33.4 Å². The molecule has 2 N–H and O–H groups in total. The van der Waals surface area contributed by atoms with Crippen molar-refractivity contribution in [1.82, 2.24) is 10.3 Å². The second-order valence-corrected chi connectivity index (χ2v) is 5.34. The number of amides is 1. The van der Waals surface area contributed by atoms with Crippen LogP contribution in [0.2, 0.25) is 0 Å². The van der Waals surface area contributed by atoms with E-state index >= 15 is 0 Å². The third-order valence-corrected chi connectivity index (χ3v) is 3.15. The molecule has 0 aliphatic carbocycles. The minimum atomic E-state index is -0.161. The molecular formula is C17H21N3O. The molecule has 0 radical (unpaired) electrons. The number of nitrogens with zero attached hydrogens (tertiary/aromatic N) is 1. The van der Waals surface area contributed by atoms with Crippen molar-refractivity contribution < 1.29 is 4.79 Å². The van der Waals surface area contributed by atoms with E-state index in [1.54, 1.807) is 12.3 Å². The molecule has 0 saturated carbocycles. The fourth-order valence-corrected chi connectivity index (χ4v) is 2.05. The summed E-state index contributed by atoms with van der Waals surface area (Å²) in [6.07, 6.45) is 1.65. The molecule has 1 aromatic carbocycles. The first-order valence-corrected chi connectivity index (χ1v) is 7.11. The van der Waals surface area contributed by atoms with Crippen molar-refractivity contribution in [3.63, 3.8) is 0 Å². The number of hydrogen-bond acceptors (Lipinski definition) is 3. The lowest BCUT2D eigenvalue weighted by molar-refractivity contribution is 0.0946. The monoisotopic (exact) mass is 283 g/mol. The molecule has 1 aromatic heterocycles. The summed E-state index contributed by atoms with van der Waals surface area (Å²) in [5.74, 6) is -0.161. The largest absolute Gasteiger partial charge is 0.383 e. The Bertz CT molecular complexity index is 623. The predicted octanol–water partition coefficient (Wildman–Crippen LogP) is 3.14.